The highest BCUT2D eigenvalue weighted by molar-refractivity contribution is 7.22. The summed E-state index contributed by atoms with van der Waals surface area (Å²) in [6.07, 6.45) is 4.77. The molecule has 1 atom stereocenters. The molecule has 0 radical (unpaired) electrons. The summed E-state index contributed by atoms with van der Waals surface area (Å²) < 4.78 is 4.83. The summed E-state index contributed by atoms with van der Waals surface area (Å²) in [5, 5.41) is 7.73. The first-order valence-electron chi connectivity index (χ1n) is 11.1. The average molecular weight is 462 g/mol. The van der Waals surface area contributed by atoms with Crippen molar-refractivity contribution < 1.29 is 4.79 Å². The van der Waals surface area contributed by atoms with Crippen LogP contribution in [-0.4, -0.2) is 50.7 Å². The molecule has 3 aromatic heterocycles. The SMILES string of the molecule is CC(C)c1nn(CC(=O)N[C@@H]2CCCN(CC3CC3)C2)c(=O)c2cc3sc(Cl)cc3n12. The van der Waals surface area contributed by atoms with Gasteiger partial charge in [-0.05, 0) is 50.3 Å². The van der Waals surface area contributed by atoms with Crippen molar-refractivity contribution in [2.75, 3.05) is 19.6 Å². The lowest BCUT2D eigenvalue weighted by molar-refractivity contribution is -0.123. The fourth-order valence-electron chi connectivity index (χ4n) is 4.61. The maximum absolute atomic E-state index is 13.1. The van der Waals surface area contributed by atoms with Gasteiger partial charge in [0.2, 0.25) is 5.91 Å². The second-order valence-corrected chi connectivity index (χ2v) is 11.0. The number of hydrogen-bond acceptors (Lipinski definition) is 5. The van der Waals surface area contributed by atoms with Gasteiger partial charge < -0.3 is 10.2 Å². The van der Waals surface area contributed by atoms with Crippen LogP contribution in [0.15, 0.2) is 16.9 Å². The maximum Gasteiger partial charge on any atom is 0.291 e. The van der Waals surface area contributed by atoms with Crippen LogP contribution in [0.1, 0.15) is 51.3 Å². The number of hydrogen-bond donors (Lipinski definition) is 1. The number of likely N-dealkylation sites (tertiary alicyclic amines) is 1. The highest BCUT2D eigenvalue weighted by Crippen LogP contribution is 2.33. The zero-order valence-corrected chi connectivity index (χ0v) is 19.5. The van der Waals surface area contributed by atoms with Crippen molar-refractivity contribution in [3.8, 4) is 0 Å². The molecule has 0 aromatic carbocycles. The molecule has 1 aliphatic heterocycles. The minimum atomic E-state index is -0.252. The summed E-state index contributed by atoms with van der Waals surface area (Å²) in [4.78, 5) is 28.4. The Balaban J connectivity index is 1.37. The van der Waals surface area contributed by atoms with E-state index in [-0.39, 0.29) is 30.0 Å². The third-order valence-electron chi connectivity index (χ3n) is 6.26. The average Bonchev–Trinajstić information content (AvgIpc) is 3.34. The van der Waals surface area contributed by atoms with Crippen molar-refractivity contribution in [2.24, 2.45) is 5.92 Å². The van der Waals surface area contributed by atoms with E-state index in [4.69, 9.17) is 11.6 Å². The number of nitrogens with one attached hydrogen (secondary N) is 1. The molecule has 31 heavy (non-hydrogen) atoms. The van der Waals surface area contributed by atoms with Gasteiger partial charge in [-0.1, -0.05) is 25.4 Å². The molecule has 0 bridgehead atoms. The van der Waals surface area contributed by atoms with Crippen molar-refractivity contribution in [3.05, 3.63) is 32.6 Å². The van der Waals surface area contributed by atoms with Gasteiger partial charge in [-0.15, -0.1) is 11.3 Å². The van der Waals surface area contributed by atoms with E-state index in [1.807, 2.05) is 30.4 Å². The van der Waals surface area contributed by atoms with E-state index in [1.165, 1.54) is 28.9 Å². The van der Waals surface area contributed by atoms with Gasteiger partial charge in [-0.2, -0.15) is 5.10 Å². The van der Waals surface area contributed by atoms with Crippen LogP contribution in [0.2, 0.25) is 4.34 Å². The first-order valence-corrected chi connectivity index (χ1v) is 12.3. The molecule has 1 N–H and O–H groups in total. The van der Waals surface area contributed by atoms with Crippen molar-refractivity contribution in [2.45, 2.75) is 58.0 Å². The zero-order valence-electron chi connectivity index (χ0n) is 17.9. The number of fused-ring (bicyclic) bond motifs is 3. The Morgan fingerprint density at radius 1 is 1.29 bits per heavy atom. The minimum absolute atomic E-state index is 0.0617. The Morgan fingerprint density at radius 2 is 2.10 bits per heavy atom. The zero-order chi connectivity index (χ0) is 21.7. The van der Waals surface area contributed by atoms with E-state index in [9.17, 15) is 9.59 Å². The standard InChI is InChI=1S/C22H28ClN5O2S/c1-13(2)21-25-27(22(30)17-8-18-16(28(17)21)9-19(23)31-18)12-20(29)24-15-4-3-7-26(11-15)10-14-5-6-14/h8-9,13-15H,3-7,10-12H2,1-2H3,(H,24,29)/t15-/m1/s1. The molecule has 0 unspecified atom stereocenters. The molecule has 1 saturated carbocycles. The fraction of sp³-hybridized carbons (Fsp3) is 0.591. The molecule has 3 aromatic rings. The number of amides is 1. The fourth-order valence-corrected chi connectivity index (χ4v) is 5.77. The smallest absolute Gasteiger partial charge is 0.291 e. The molecule has 0 spiro atoms. The Bertz CT molecular complexity index is 1190. The molecule has 9 heteroatoms. The van der Waals surface area contributed by atoms with Crippen LogP contribution in [-0.2, 0) is 11.3 Å². The lowest BCUT2D eigenvalue weighted by Crippen LogP contribution is -2.49. The molecule has 4 heterocycles. The second-order valence-electron chi connectivity index (χ2n) is 9.25. The molecular weight excluding hydrogens is 434 g/mol. The number of carbonyl (C=O) groups excluding carboxylic acids is 1. The summed E-state index contributed by atoms with van der Waals surface area (Å²) in [5.74, 6) is 1.54. The predicted molar refractivity (Wildman–Crippen MR) is 124 cm³/mol. The van der Waals surface area contributed by atoms with Crippen molar-refractivity contribution in [3.63, 3.8) is 0 Å². The highest BCUT2D eigenvalue weighted by atomic mass is 35.5. The number of thiophene rings is 1. The van der Waals surface area contributed by atoms with Crippen LogP contribution in [0, 0.1) is 5.92 Å². The van der Waals surface area contributed by atoms with E-state index >= 15 is 0 Å². The molecule has 1 amide bonds. The molecule has 5 rings (SSSR count). The number of rotatable bonds is 6. The van der Waals surface area contributed by atoms with Crippen LogP contribution in [0.25, 0.3) is 15.7 Å². The number of nitrogens with zero attached hydrogens (tertiary/aromatic N) is 4. The van der Waals surface area contributed by atoms with Gasteiger partial charge in [-0.3, -0.25) is 14.0 Å². The summed E-state index contributed by atoms with van der Waals surface area (Å²) in [7, 11) is 0. The monoisotopic (exact) mass is 461 g/mol. The third-order valence-corrected chi connectivity index (χ3v) is 7.46. The van der Waals surface area contributed by atoms with Crippen molar-refractivity contribution >= 4 is 44.6 Å². The van der Waals surface area contributed by atoms with E-state index < -0.39 is 0 Å². The van der Waals surface area contributed by atoms with Crippen molar-refractivity contribution in [1.82, 2.24) is 24.4 Å². The van der Waals surface area contributed by atoms with E-state index in [2.05, 4.69) is 15.3 Å². The first-order chi connectivity index (χ1) is 14.9. The Morgan fingerprint density at radius 3 is 2.84 bits per heavy atom. The summed E-state index contributed by atoms with van der Waals surface area (Å²) in [6.45, 7) is 7.18. The molecule has 166 valence electrons. The van der Waals surface area contributed by atoms with Gasteiger partial charge in [0.1, 0.15) is 17.9 Å². The van der Waals surface area contributed by atoms with Crippen LogP contribution in [0.4, 0.5) is 0 Å². The summed E-state index contributed by atoms with van der Waals surface area (Å²) in [5.41, 5.74) is 1.18. The van der Waals surface area contributed by atoms with Gasteiger partial charge >= 0.3 is 0 Å². The van der Waals surface area contributed by atoms with E-state index in [1.54, 1.807) is 0 Å². The molecule has 2 fully saturated rings. The van der Waals surface area contributed by atoms with Gasteiger partial charge in [-0.25, -0.2) is 4.68 Å². The minimum Gasteiger partial charge on any atom is -0.350 e. The number of halogens is 1. The van der Waals surface area contributed by atoms with Gasteiger partial charge in [0.05, 0.1) is 14.6 Å². The first kappa shape index (κ1) is 21.0. The van der Waals surface area contributed by atoms with Crippen LogP contribution in [0.5, 0.6) is 0 Å². The number of aromatic nitrogens is 3. The quantitative estimate of drug-likeness (QED) is 0.610. The van der Waals surface area contributed by atoms with Crippen LogP contribution < -0.4 is 10.9 Å². The second kappa shape index (κ2) is 8.22. The Labute approximate surface area is 190 Å². The summed E-state index contributed by atoms with van der Waals surface area (Å²) in [6, 6.07) is 3.87. The molecule has 1 saturated heterocycles. The van der Waals surface area contributed by atoms with E-state index in [0.717, 1.165) is 54.4 Å². The van der Waals surface area contributed by atoms with Gasteiger partial charge in [0.25, 0.3) is 5.56 Å². The van der Waals surface area contributed by atoms with E-state index in [0.29, 0.717) is 9.85 Å². The summed E-state index contributed by atoms with van der Waals surface area (Å²) >= 11 is 7.62. The van der Waals surface area contributed by atoms with Gasteiger partial charge in [0.15, 0.2) is 0 Å². The number of piperidine rings is 1. The van der Waals surface area contributed by atoms with Crippen molar-refractivity contribution in [1.29, 1.82) is 0 Å². The lowest BCUT2D eigenvalue weighted by Gasteiger charge is -2.33. The largest absolute Gasteiger partial charge is 0.350 e. The van der Waals surface area contributed by atoms with Gasteiger partial charge in [0, 0.05) is 25.0 Å². The predicted octanol–water partition coefficient (Wildman–Crippen LogP) is 3.48. The lowest BCUT2D eigenvalue weighted by atomic mass is 10.1. The molecule has 7 nitrogen and oxygen atoms in total. The Kier molecular flexibility index (Phi) is 5.56. The topological polar surface area (TPSA) is 71.6 Å². The Hall–Kier alpha value is -1.90. The molecular formula is C22H28ClN5O2S. The molecule has 2 aliphatic rings. The maximum atomic E-state index is 13.1. The normalized spacial score (nSPS) is 20.2. The third kappa shape index (κ3) is 4.25. The highest BCUT2D eigenvalue weighted by Gasteiger charge is 2.28. The molecule has 1 aliphatic carbocycles. The van der Waals surface area contributed by atoms with Crippen LogP contribution >= 0.6 is 22.9 Å². The van der Waals surface area contributed by atoms with Crippen LogP contribution in [0.3, 0.4) is 0 Å². The number of carbonyl (C=O) groups is 1.